The SMILES string of the molecule is O=C(O)c1ccc(-c2ccc(C=Cc3ccc(N(CCO)CCO)cc3)s2)s1. The van der Waals surface area contributed by atoms with Crippen LogP contribution in [0.2, 0.25) is 0 Å². The molecule has 0 atom stereocenters. The lowest BCUT2D eigenvalue weighted by molar-refractivity contribution is 0.0702. The number of aliphatic hydroxyl groups is 2. The Labute approximate surface area is 171 Å². The van der Waals surface area contributed by atoms with Gasteiger partial charge in [-0.2, -0.15) is 0 Å². The number of thiophene rings is 2. The standard InChI is InChI=1S/C21H21NO4S2/c23-13-11-22(12-14-24)16-4-1-15(2-5-16)3-6-17-7-8-18(27-17)19-9-10-20(28-19)21(25)26/h1-10,23-24H,11-14H2,(H,25,26). The summed E-state index contributed by atoms with van der Waals surface area (Å²) in [5, 5.41) is 27.3. The lowest BCUT2D eigenvalue weighted by Crippen LogP contribution is -2.29. The van der Waals surface area contributed by atoms with Gasteiger partial charge in [0.15, 0.2) is 0 Å². The van der Waals surface area contributed by atoms with E-state index in [1.54, 1.807) is 17.4 Å². The van der Waals surface area contributed by atoms with Crippen LogP contribution in [0, 0.1) is 0 Å². The molecule has 7 heteroatoms. The molecule has 3 N–H and O–H groups in total. The Hall–Kier alpha value is -2.45. The van der Waals surface area contributed by atoms with Gasteiger partial charge in [-0.05, 0) is 48.0 Å². The zero-order valence-electron chi connectivity index (χ0n) is 15.1. The maximum atomic E-state index is 11.0. The maximum Gasteiger partial charge on any atom is 0.345 e. The highest BCUT2D eigenvalue weighted by atomic mass is 32.1. The smallest absolute Gasteiger partial charge is 0.345 e. The molecule has 0 unspecified atom stereocenters. The fourth-order valence-corrected chi connectivity index (χ4v) is 4.59. The first-order chi connectivity index (χ1) is 13.6. The molecule has 146 valence electrons. The third-order valence-electron chi connectivity index (χ3n) is 4.12. The molecule has 1 aromatic carbocycles. The molecule has 0 radical (unpaired) electrons. The highest BCUT2D eigenvalue weighted by Gasteiger charge is 2.10. The second kappa shape index (κ2) is 9.66. The van der Waals surface area contributed by atoms with Gasteiger partial charge in [0.1, 0.15) is 4.88 Å². The van der Waals surface area contributed by atoms with Gasteiger partial charge in [0, 0.05) is 33.4 Å². The largest absolute Gasteiger partial charge is 0.477 e. The van der Waals surface area contributed by atoms with Gasteiger partial charge >= 0.3 is 5.97 Å². The normalized spacial score (nSPS) is 11.2. The van der Waals surface area contributed by atoms with E-state index >= 15 is 0 Å². The number of carbonyl (C=O) groups is 1. The van der Waals surface area contributed by atoms with Crippen LogP contribution in [0.25, 0.3) is 21.9 Å². The molecule has 0 aliphatic heterocycles. The van der Waals surface area contributed by atoms with Crippen molar-refractivity contribution in [2.75, 3.05) is 31.2 Å². The summed E-state index contributed by atoms with van der Waals surface area (Å²) < 4.78 is 0. The summed E-state index contributed by atoms with van der Waals surface area (Å²) >= 11 is 2.90. The maximum absolute atomic E-state index is 11.0. The van der Waals surface area contributed by atoms with Crippen LogP contribution < -0.4 is 4.90 Å². The predicted molar refractivity (Wildman–Crippen MR) is 116 cm³/mol. The summed E-state index contributed by atoms with van der Waals surface area (Å²) in [6, 6.07) is 15.5. The molecule has 3 rings (SSSR count). The van der Waals surface area contributed by atoms with E-state index in [-0.39, 0.29) is 13.2 Å². The third-order valence-corrected chi connectivity index (χ3v) is 6.44. The Bertz CT molecular complexity index is 937. The first kappa shape index (κ1) is 20.3. The molecule has 28 heavy (non-hydrogen) atoms. The molecular formula is C21H21NO4S2. The van der Waals surface area contributed by atoms with Crippen LogP contribution in [-0.2, 0) is 0 Å². The summed E-state index contributed by atoms with van der Waals surface area (Å²) in [6.45, 7) is 1.06. The molecule has 2 aromatic heterocycles. The fraction of sp³-hybridized carbons (Fsp3) is 0.190. The minimum Gasteiger partial charge on any atom is -0.477 e. The molecule has 0 saturated heterocycles. The second-order valence-electron chi connectivity index (χ2n) is 6.03. The predicted octanol–water partition coefficient (Wildman–Crippen LogP) is 4.14. The Morgan fingerprint density at radius 1 is 0.857 bits per heavy atom. The number of anilines is 1. The second-order valence-corrected chi connectivity index (χ2v) is 8.23. The summed E-state index contributed by atoms with van der Waals surface area (Å²) in [4.78, 5) is 16.4. The third kappa shape index (κ3) is 5.08. The highest BCUT2D eigenvalue weighted by Crippen LogP contribution is 2.34. The Morgan fingerprint density at radius 2 is 1.50 bits per heavy atom. The molecule has 0 aliphatic carbocycles. The van der Waals surface area contributed by atoms with E-state index in [4.69, 9.17) is 15.3 Å². The lowest BCUT2D eigenvalue weighted by Gasteiger charge is -2.22. The Kier molecular flexibility index (Phi) is 7.00. The number of nitrogens with zero attached hydrogens (tertiary/aromatic N) is 1. The van der Waals surface area contributed by atoms with Crippen molar-refractivity contribution < 1.29 is 20.1 Å². The zero-order valence-corrected chi connectivity index (χ0v) is 16.7. The Balaban J connectivity index is 1.68. The molecule has 0 amide bonds. The quantitative estimate of drug-likeness (QED) is 0.489. The highest BCUT2D eigenvalue weighted by molar-refractivity contribution is 7.23. The molecule has 0 aliphatic rings. The molecule has 0 spiro atoms. The summed E-state index contributed by atoms with van der Waals surface area (Å²) in [5.74, 6) is -0.895. The summed E-state index contributed by atoms with van der Waals surface area (Å²) in [7, 11) is 0. The van der Waals surface area contributed by atoms with E-state index in [9.17, 15) is 4.79 Å². The van der Waals surface area contributed by atoms with Gasteiger partial charge in [-0.3, -0.25) is 0 Å². The molecule has 0 bridgehead atoms. The number of benzene rings is 1. The average Bonchev–Trinajstić information content (AvgIpc) is 3.36. The number of carboxylic acids is 1. The molecule has 0 saturated carbocycles. The lowest BCUT2D eigenvalue weighted by atomic mass is 10.1. The number of carboxylic acid groups (broad SMARTS) is 1. The van der Waals surface area contributed by atoms with Gasteiger partial charge in [0.2, 0.25) is 0 Å². The number of aromatic carboxylic acids is 1. The van der Waals surface area contributed by atoms with E-state index in [2.05, 4.69) is 0 Å². The van der Waals surface area contributed by atoms with Gasteiger partial charge in [0.05, 0.1) is 13.2 Å². The summed E-state index contributed by atoms with van der Waals surface area (Å²) in [5.41, 5.74) is 2.02. The van der Waals surface area contributed by atoms with Crippen LogP contribution >= 0.6 is 22.7 Å². The zero-order chi connectivity index (χ0) is 19.9. The van der Waals surface area contributed by atoms with Crippen LogP contribution in [0.3, 0.4) is 0 Å². The molecule has 0 fully saturated rings. The van der Waals surface area contributed by atoms with Crippen LogP contribution in [0.1, 0.15) is 20.1 Å². The minimum absolute atomic E-state index is 0.0422. The van der Waals surface area contributed by atoms with Gasteiger partial charge in [-0.15, -0.1) is 22.7 Å². The van der Waals surface area contributed by atoms with E-state index in [0.29, 0.717) is 18.0 Å². The van der Waals surface area contributed by atoms with Crippen LogP contribution in [0.15, 0.2) is 48.5 Å². The van der Waals surface area contributed by atoms with Gasteiger partial charge < -0.3 is 20.2 Å². The van der Waals surface area contributed by atoms with Crippen molar-refractivity contribution in [2.45, 2.75) is 0 Å². The van der Waals surface area contributed by atoms with Crippen LogP contribution in [0.5, 0.6) is 0 Å². The average molecular weight is 416 g/mol. The van der Waals surface area contributed by atoms with E-state index in [0.717, 1.165) is 25.9 Å². The van der Waals surface area contributed by atoms with Crippen LogP contribution in [0.4, 0.5) is 5.69 Å². The molecular weight excluding hydrogens is 394 g/mol. The van der Waals surface area contributed by atoms with E-state index < -0.39 is 5.97 Å². The number of hydrogen-bond acceptors (Lipinski definition) is 6. The van der Waals surface area contributed by atoms with Crippen molar-refractivity contribution in [3.63, 3.8) is 0 Å². The fourth-order valence-electron chi connectivity index (χ4n) is 2.75. The van der Waals surface area contributed by atoms with Crippen molar-refractivity contribution in [1.82, 2.24) is 0 Å². The van der Waals surface area contributed by atoms with Gasteiger partial charge in [-0.1, -0.05) is 18.2 Å². The van der Waals surface area contributed by atoms with Crippen molar-refractivity contribution in [2.24, 2.45) is 0 Å². The Morgan fingerprint density at radius 3 is 2.11 bits per heavy atom. The molecule has 5 nitrogen and oxygen atoms in total. The van der Waals surface area contributed by atoms with Crippen molar-refractivity contribution >= 4 is 46.5 Å². The van der Waals surface area contributed by atoms with E-state index in [1.807, 2.05) is 59.5 Å². The first-order valence-electron chi connectivity index (χ1n) is 8.79. The van der Waals surface area contributed by atoms with Crippen molar-refractivity contribution in [3.8, 4) is 9.75 Å². The number of hydrogen-bond donors (Lipinski definition) is 3. The number of aliphatic hydroxyl groups excluding tert-OH is 2. The van der Waals surface area contributed by atoms with Gasteiger partial charge in [-0.25, -0.2) is 4.79 Å². The molecule has 2 heterocycles. The van der Waals surface area contributed by atoms with Crippen molar-refractivity contribution in [1.29, 1.82) is 0 Å². The van der Waals surface area contributed by atoms with Crippen LogP contribution in [-0.4, -0.2) is 47.6 Å². The van der Waals surface area contributed by atoms with E-state index in [1.165, 1.54) is 11.3 Å². The summed E-state index contributed by atoms with van der Waals surface area (Å²) in [6.07, 6.45) is 4.06. The molecule has 3 aromatic rings. The monoisotopic (exact) mass is 415 g/mol. The van der Waals surface area contributed by atoms with Crippen molar-refractivity contribution in [3.05, 3.63) is 63.8 Å². The topological polar surface area (TPSA) is 81.0 Å². The first-order valence-corrected chi connectivity index (χ1v) is 10.4. The van der Waals surface area contributed by atoms with Gasteiger partial charge in [0.25, 0.3) is 0 Å². The minimum atomic E-state index is -0.895. The number of rotatable bonds is 9.